The number of pyridine rings is 1. The normalized spacial score (nSPS) is 10.2. The van der Waals surface area contributed by atoms with Gasteiger partial charge in [-0.05, 0) is 12.5 Å². The van der Waals surface area contributed by atoms with Crippen molar-refractivity contribution < 1.29 is 13.2 Å². The average Bonchev–Trinajstić information content (AvgIpc) is 2.09. The lowest BCUT2D eigenvalue weighted by molar-refractivity contribution is 0.149. The topological polar surface area (TPSA) is 36.7 Å². The second-order valence-corrected chi connectivity index (χ2v) is 2.41. The summed E-state index contributed by atoms with van der Waals surface area (Å²) in [6.45, 7) is 1.19. The van der Waals surface area contributed by atoms with E-state index in [-0.39, 0.29) is 5.56 Å². The van der Waals surface area contributed by atoms with Crippen molar-refractivity contribution in [2.45, 2.75) is 13.3 Å². The first-order chi connectivity index (χ1) is 6.07. The molecule has 1 heterocycles. The number of aromatic nitrogens is 1. The molecule has 0 aromatic carbocycles. The first-order valence-electron chi connectivity index (χ1n) is 3.41. The minimum Gasteiger partial charge on any atom is -0.242 e. The molecule has 1 aromatic rings. The summed E-state index contributed by atoms with van der Waals surface area (Å²) in [4.78, 5) is 3.26. The maximum atomic E-state index is 13.0. The predicted octanol–water partition coefficient (Wildman–Crippen LogP) is 2.34. The van der Waals surface area contributed by atoms with Crippen LogP contribution in [-0.2, 0) is 0 Å². The van der Waals surface area contributed by atoms with E-state index >= 15 is 0 Å². The van der Waals surface area contributed by atoms with E-state index in [0.717, 1.165) is 6.20 Å². The van der Waals surface area contributed by atoms with Gasteiger partial charge in [0.2, 0.25) is 0 Å². The lowest BCUT2D eigenvalue weighted by Gasteiger charge is -2.04. The van der Waals surface area contributed by atoms with Gasteiger partial charge in [0.25, 0.3) is 6.43 Å². The standard InChI is InChI=1S/C8H5F3N2/c1-4-5(8(10)11)3-13-6(2-12)7(4)9/h3,8H,1H3. The first kappa shape index (κ1) is 9.52. The van der Waals surface area contributed by atoms with Crippen molar-refractivity contribution in [3.8, 4) is 6.07 Å². The maximum Gasteiger partial charge on any atom is 0.265 e. The van der Waals surface area contributed by atoms with Crippen molar-refractivity contribution >= 4 is 0 Å². The zero-order chi connectivity index (χ0) is 10.0. The monoisotopic (exact) mass is 186 g/mol. The summed E-state index contributed by atoms with van der Waals surface area (Å²) >= 11 is 0. The van der Waals surface area contributed by atoms with Crippen LogP contribution >= 0.6 is 0 Å². The summed E-state index contributed by atoms with van der Waals surface area (Å²) < 4.78 is 37.3. The summed E-state index contributed by atoms with van der Waals surface area (Å²) in [5.74, 6) is -0.972. The molecule has 0 bridgehead atoms. The molecule has 0 radical (unpaired) electrons. The molecule has 13 heavy (non-hydrogen) atoms. The molecule has 0 aliphatic rings. The lowest BCUT2D eigenvalue weighted by Crippen LogP contribution is -1.99. The SMILES string of the molecule is Cc1c(C(F)F)cnc(C#N)c1F. The fourth-order valence-electron chi connectivity index (χ4n) is 0.890. The van der Waals surface area contributed by atoms with Crippen LogP contribution in [0.5, 0.6) is 0 Å². The quantitative estimate of drug-likeness (QED) is 0.674. The zero-order valence-electron chi connectivity index (χ0n) is 6.68. The number of nitrogens with zero attached hydrogens (tertiary/aromatic N) is 2. The Bertz CT molecular complexity index is 368. The highest BCUT2D eigenvalue weighted by molar-refractivity contribution is 5.33. The highest BCUT2D eigenvalue weighted by Crippen LogP contribution is 2.24. The van der Waals surface area contributed by atoms with E-state index in [2.05, 4.69) is 4.98 Å². The molecule has 68 valence electrons. The minimum absolute atomic E-state index is 0.221. The van der Waals surface area contributed by atoms with Crippen LogP contribution in [0.3, 0.4) is 0 Å². The van der Waals surface area contributed by atoms with Crippen LogP contribution in [0.25, 0.3) is 0 Å². The van der Waals surface area contributed by atoms with E-state index in [1.54, 1.807) is 0 Å². The van der Waals surface area contributed by atoms with E-state index in [4.69, 9.17) is 5.26 Å². The third-order valence-corrected chi connectivity index (χ3v) is 1.64. The average molecular weight is 186 g/mol. The number of hydrogen-bond acceptors (Lipinski definition) is 2. The minimum atomic E-state index is -2.77. The molecule has 0 amide bonds. The van der Waals surface area contributed by atoms with E-state index < -0.39 is 23.5 Å². The van der Waals surface area contributed by atoms with Crippen LogP contribution in [0.1, 0.15) is 23.2 Å². The van der Waals surface area contributed by atoms with Gasteiger partial charge in [0.05, 0.1) is 0 Å². The van der Waals surface area contributed by atoms with Crippen LogP contribution in [0.4, 0.5) is 13.2 Å². The number of halogens is 3. The number of hydrogen-bond donors (Lipinski definition) is 0. The second-order valence-electron chi connectivity index (χ2n) is 2.41. The number of nitriles is 1. The third-order valence-electron chi connectivity index (χ3n) is 1.64. The lowest BCUT2D eigenvalue weighted by atomic mass is 10.1. The van der Waals surface area contributed by atoms with Gasteiger partial charge in [0.1, 0.15) is 6.07 Å². The summed E-state index contributed by atoms with van der Waals surface area (Å²) in [5, 5.41) is 8.33. The van der Waals surface area contributed by atoms with Crippen LogP contribution in [0.15, 0.2) is 6.20 Å². The molecule has 0 aliphatic carbocycles. The number of rotatable bonds is 1. The molecule has 0 saturated heterocycles. The maximum absolute atomic E-state index is 13.0. The van der Waals surface area contributed by atoms with Gasteiger partial charge in [-0.1, -0.05) is 0 Å². The van der Waals surface area contributed by atoms with E-state index in [1.807, 2.05) is 0 Å². The van der Waals surface area contributed by atoms with Crippen molar-refractivity contribution in [1.82, 2.24) is 4.98 Å². The zero-order valence-corrected chi connectivity index (χ0v) is 6.68. The molecule has 0 atom stereocenters. The molecule has 0 N–H and O–H groups in total. The highest BCUT2D eigenvalue weighted by atomic mass is 19.3. The second kappa shape index (κ2) is 3.44. The Morgan fingerprint density at radius 1 is 1.54 bits per heavy atom. The Morgan fingerprint density at radius 2 is 2.15 bits per heavy atom. The van der Waals surface area contributed by atoms with E-state index in [9.17, 15) is 13.2 Å². The van der Waals surface area contributed by atoms with Crippen molar-refractivity contribution in [3.63, 3.8) is 0 Å². The van der Waals surface area contributed by atoms with Gasteiger partial charge in [-0.15, -0.1) is 0 Å². The molecule has 2 nitrogen and oxygen atoms in total. The predicted molar refractivity (Wildman–Crippen MR) is 38.6 cm³/mol. The smallest absolute Gasteiger partial charge is 0.242 e. The Labute approximate surface area is 72.6 Å². The largest absolute Gasteiger partial charge is 0.265 e. The van der Waals surface area contributed by atoms with Crippen LogP contribution in [-0.4, -0.2) is 4.98 Å². The van der Waals surface area contributed by atoms with Gasteiger partial charge >= 0.3 is 0 Å². The molecule has 0 unspecified atom stereocenters. The van der Waals surface area contributed by atoms with Gasteiger partial charge in [0, 0.05) is 11.8 Å². The van der Waals surface area contributed by atoms with Crippen molar-refractivity contribution in [3.05, 3.63) is 28.8 Å². The summed E-state index contributed by atoms with van der Waals surface area (Å²) in [7, 11) is 0. The third kappa shape index (κ3) is 1.61. The molecule has 0 fully saturated rings. The molecule has 0 aliphatic heterocycles. The Hall–Kier alpha value is -1.57. The summed E-state index contributed by atoms with van der Waals surface area (Å²) in [6.07, 6.45) is -1.95. The first-order valence-corrected chi connectivity index (χ1v) is 3.41. The van der Waals surface area contributed by atoms with Gasteiger partial charge in [0.15, 0.2) is 11.5 Å². The van der Waals surface area contributed by atoms with E-state index in [1.165, 1.54) is 13.0 Å². The Morgan fingerprint density at radius 3 is 2.62 bits per heavy atom. The summed E-state index contributed by atoms with van der Waals surface area (Å²) in [5.41, 5.74) is -1.15. The molecule has 1 rings (SSSR count). The van der Waals surface area contributed by atoms with Gasteiger partial charge in [-0.2, -0.15) is 5.26 Å². The Balaban J connectivity index is 3.33. The molecule has 1 aromatic heterocycles. The van der Waals surface area contributed by atoms with Crippen LogP contribution in [0, 0.1) is 24.1 Å². The fourth-order valence-corrected chi connectivity index (χ4v) is 0.890. The highest BCUT2D eigenvalue weighted by Gasteiger charge is 2.16. The van der Waals surface area contributed by atoms with Crippen molar-refractivity contribution in [2.75, 3.05) is 0 Å². The van der Waals surface area contributed by atoms with Crippen LogP contribution in [0.2, 0.25) is 0 Å². The van der Waals surface area contributed by atoms with Gasteiger partial charge in [-0.3, -0.25) is 0 Å². The fraction of sp³-hybridized carbons (Fsp3) is 0.250. The molecular formula is C8H5F3N2. The van der Waals surface area contributed by atoms with Gasteiger partial charge in [-0.25, -0.2) is 18.2 Å². The van der Waals surface area contributed by atoms with Crippen molar-refractivity contribution in [2.24, 2.45) is 0 Å². The van der Waals surface area contributed by atoms with Crippen molar-refractivity contribution in [1.29, 1.82) is 5.26 Å². The molecule has 0 spiro atoms. The molecular weight excluding hydrogens is 181 g/mol. The summed E-state index contributed by atoms with van der Waals surface area (Å²) in [6, 6.07) is 1.47. The molecule has 0 saturated carbocycles. The Kier molecular flexibility index (Phi) is 2.52. The number of alkyl halides is 2. The van der Waals surface area contributed by atoms with E-state index in [0.29, 0.717) is 0 Å². The van der Waals surface area contributed by atoms with Gasteiger partial charge < -0.3 is 0 Å². The van der Waals surface area contributed by atoms with Crippen LogP contribution < -0.4 is 0 Å². The molecule has 5 heteroatoms.